The molecule has 2 N–H and O–H groups in total. The van der Waals surface area contributed by atoms with E-state index in [9.17, 15) is 79.9 Å². The molecule has 0 aliphatic carbocycles. The van der Waals surface area contributed by atoms with Crippen molar-refractivity contribution in [2.24, 2.45) is 0 Å². The maximum Gasteiger partial charge on any atom is 0.318 e. The molecule has 0 aliphatic rings. The molecule has 0 radical (unpaired) electrons. The summed E-state index contributed by atoms with van der Waals surface area (Å²) in [6, 6.07) is 34.7. The van der Waals surface area contributed by atoms with Crippen LogP contribution >= 0.6 is 23.2 Å². The minimum absolute atomic E-state index is 0.129. The largest absolute Gasteiger partial charge is 0.480 e. The summed E-state index contributed by atoms with van der Waals surface area (Å²) in [6.07, 6.45) is 0. The van der Waals surface area contributed by atoms with Crippen LogP contribution in [0.5, 0.6) is 0 Å². The first kappa shape index (κ1) is 74.4. The van der Waals surface area contributed by atoms with E-state index in [0.29, 0.717) is 8.61 Å². The van der Waals surface area contributed by atoms with E-state index in [4.69, 9.17) is 23.2 Å². The third-order valence-corrected chi connectivity index (χ3v) is 25.1. The standard InChI is InChI=1S/C29H33Cl2N3O8S3.C29H35N3O10S3/c1-22-4-10-25(11-5-22)43(37,38)32(16-18-33(20-28(30)35)44(39,40)26-12-6-23(2)7-13-26)17-19-34(21-29(31)36)45(41,42)27-14-8-24(3)9-15-27;1-22-4-10-25(11-5-22)43(37,38)30(16-18-31(20-28(33)34)44(39,40)26-12-6-23(2)7-13-26)17-19-32(21-29(35)36)45(41,42)27-14-8-24(3)9-15-27/h4-15H,16-21H2,1-3H3;4-15H,16-21H2,1-3H3,(H,33,34)(H,35,36). The Hall–Kier alpha value is -6.36. The maximum atomic E-state index is 13.8. The van der Waals surface area contributed by atoms with Crippen molar-refractivity contribution in [3.05, 3.63) is 179 Å². The van der Waals surface area contributed by atoms with Crippen molar-refractivity contribution in [1.82, 2.24) is 25.8 Å². The fourth-order valence-electron chi connectivity index (χ4n) is 8.47. The number of aliphatic carboxylic acids is 2. The van der Waals surface area contributed by atoms with Crippen molar-refractivity contribution in [3.8, 4) is 0 Å². The highest BCUT2D eigenvalue weighted by molar-refractivity contribution is 7.90. The summed E-state index contributed by atoms with van der Waals surface area (Å²) in [5.41, 5.74) is 4.66. The molecule has 0 fully saturated rings. The van der Waals surface area contributed by atoms with Crippen LogP contribution in [0.2, 0.25) is 0 Å². The Morgan fingerprint density at radius 1 is 0.267 bits per heavy atom. The van der Waals surface area contributed by atoms with Gasteiger partial charge in [0.15, 0.2) is 0 Å². The van der Waals surface area contributed by atoms with E-state index in [0.717, 1.165) is 50.6 Å². The molecule has 32 heteroatoms. The van der Waals surface area contributed by atoms with Gasteiger partial charge in [-0.15, -0.1) is 0 Å². The molecule has 0 spiro atoms. The number of carbonyl (C=O) groups excluding carboxylic acids is 2. The van der Waals surface area contributed by atoms with Crippen LogP contribution in [0.25, 0.3) is 0 Å². The van der Waals surface area contributed by atoms with E-state index in [-0.39, 0.29) is 29.4 Å². The molecule has 488 valence electrons. The summed E-state index contributed by atoms with van der Waals surface area (Å²) in [5, 5.41) is 17.0. The van der Waals surface area contributed by atoms with E-state index in [1.165, 1.54) is 97.1 Å². The molecule has 0 atom stereocenters. The van der Waals surface area contributed by atoms with Gasteiger partial charge in [0.1, 0.15) is 13.1 Å². The zero-order chi connectivity index (χ0) is 67.2. The number of carbonyl (C=O) groups is 4. The second kappa shape index (κ2) is 31.8. The van der Waals surface area contributed by atoms with Gasteiger partial charge in [0.05, 0.1) is 42.5 Å². The summed E-state index contributed by atoms with van der Waals surface area (Å²) in [7, 11) is -26.1. The van der Waals surface area contributed by atoms with Gasteiger partial charge in [-0.05, 0) is 138 Å². The third kappa shape index (κ3) is 20.3. The third-order valence-electron chi connectivity index (χ3n) is 13.6. The van der Waals surface area contributed by atoms with Crippen LogP contribution in [0.1, 0.15) is 33.4 Å². The van der Waals surface area contributed by atoms with Crippen LogP contribution in [0.4, 0.5) is 0 Å². The van der Waals surface area contributed by atoms with Gasteiger partial charge in [-0.2, -0.15) is 25.8 Å². The fourth-order valence-corrected chi connectivity index (χ4v) is 17.3. The lowest BCUT2D eigenvalue weighted by Crippen LogP contribution is -2.46. The van der Waals surface area contributed by atoms with E-state index < -0.39 is 161 Å². The van der Waals surface area contributed by atoms with Crippen molar-refractivity contribution in [3.63, 3.8) is 0 Å². The van der Waals surface area contributed by atoms with Gasteiger partial charge in [0.25, 0.3) is 0 Å². The van der Waals surface area contributed by atoms with E-state index in [2.05, 4.69) is 0 Å². The number of nitrogens with zero attached hydrogens (tertiary/aromatic N) is 6. The van der Waals surface area contributed by atoms with Crippen molar-refractivity contribution >= 4 is 106 Å². The number of hydrogen-bond acceptors (Lipinski definition) is 16. The van der Waals surface area contributed by atoms with Crippen LogP contribution in [-0.2, 0) is 79.3 Å². The molecule has 0 aliphatic heterocycles. The molecule has 0 saturated carbocycles. The molecular formula is C58H68Cl2N6O18S6. The smallest absolute Gasteiger partial charge is 0.318 e. The Labute approximate surface area is 536 Å². The van der Waals surface area contributed by atoms with Gasteiger partial charge in [-0.1, -0.05) is 106 Å². The summed E-state index contributed by atoms with van der Waals surface area (Å²) in [5.74, 6) is -2.95. The predicted molar refractivity (Wildman–Crippen MR) is 337 cm³/mol. The first-order valence-corrected chi connectivity index (χ1v) is 36.5. The molecule has 0 heterocycles. The lowest BCUT2D eigenvalue weighted by molar-refractivity contribution is -0.138. The minimum Gasteiger partial charge on any atom is -0.480 e. The topological polar surface area (TPSA) is 333 Å². The molecule has 0 saturated heterocycles. The summed E-state index contributed by atoms with van der Waals surface area (Å²) >= 11 is 11.2. The Bertz CT molecular complexity index is 3740. The lowest BCUT2D eigenvalue weighted by atomic mass is 10.2. The average molecular weight is 1400 g/mol. The molecule has 6 rings (SSSR count). The molecule has 0 aromatic heterocycles. The van der Waals surface area contributed by atoms with Crippen LogP contribution in [0.15, 0.2) is 175 Å². The monoisotopic (exact) mass is 1400 g/mol. The summed E-state index contributed by atoms with van der Waals surface area (Å²) < 4.78 is 167. The molecule has 6 aromatic rings. The summed E-state index contributed by atoms with van der Waals surface area (Å²) in [4.78, 5) is 46.1. The van der Waals surface area contributed by atoms with Crippen LogP contribution in [-0.4, -0.2) is 188 Å². The van der Waals surface area contributed by atoms with Gasteiger partial charge in [0, 0.05) is 52.4 Å². The van der Waals surface area contributed by atoms with Crippen LogP contribution < -0.4 is 0 Å². The van der Waals surface area contributed by atoms with Gasteiger partial charge in [-0.3, -0.25) is 19.2 Å². The van der Waals surface area contributed by atoms with Gasteiger partial charge in [-0.25, -0.2) is 50.5 Å². The number of carboxylic acid groups (broad SMARTS) is 2. The summed E-state index contributed by atoms with van der Waals surface area (Å²) in [6.45, 7) is 2.78. The number of benzene rings is 6. The quantitative estimate of drug-likeness (QED) is 0.0480. The maximum absolute atomic E-state index is 13.8. The number of rotatable bonds is 32. The number of sulfonamides is 6. The predicted octanol–water partition coefficient (Wildman–Crippen LogP) is 5.67. The van der Waals surface area contributed by atoms with Crippen molar-refractivity contribution in [1.29, 1.82) is 0 Å². The van der Waals surface area contributed by atoms with Gasteiger partial charge >= 0.3 is 11.9 Å². The Balaban J connectivity index is 0.000000327. The molecule has 24 nitrogen and oxygen atoms in total. The Morgan fingerprint density at radius 3 is 0.544 bits per heavy atom. The highest BCUT2D eigenvalue weighted by Gasteiger charge is 2.36. The second-order valence-electron chi connectivity index (χ2n) is 20.5. The van der Waals surface area contributed by atoms with Gasteiger partial charge in [0.2, 0.25) is 70.6 Å². The lowest BCUT2D eigenvalue weighted by Gasteiger charge is -2.28. The van der Waals surface area contributed by atoms with E-state index in [1.807, 2.05) is 0 Å². The molecule has 0 amide bonds. The van der Waals surface area contributed by atoms with Crippen LogP contribution in [0.3, 0.4) is 0 Å². The molecule has 90 heavy (non-hydrogen) atoms. The van der Waals surface area contributed by atoms with Crippen LogP contribution in [0, 0.1) is 41.5 Å². The zero-order valence-electron chi connectivity index (χ0n) is 49.7. The van der Waals surface area contributed by atoms with Crippen molar-refractivity contribution < 1.29 is 79.9 Å². The minimum atomic E-state index is -4.40. The Kier molecular flexibility index (Phi) is 26.3. The molecule has 0 unspecified atom stereocenters. The first-order chi connectivity index (χ1) is 41.9. The Morgan fingerprint density at radius 2 is 0.400 bits per heavy atom. The fraction of sp³-hybridized carbons (Fsp3) is 0.310. The van der Waals surface area contributed by atoms with E-state index in [1.54, 1.807) is 90.1 Å². The van der Waals surface area contributed by atoms with Crippen molar-refractivity contribution in [2.75, 3.05) is 78.5 Å². The average Bonchev–Trinajstić information content (AvgIpc) is 0.944. The number of halogens is 2. The number of aryl methyl sites for hydroxylation is 6. The molecular weight excluding hydrogens is 1330 g/mol. The van der Waals surface area contributed by atoms with Crippen molar-refractivity contribution in [2.45, 2.75) is 70.9 Å². The molecule has 0 bridgehead atoms. The second-order valence-corrected chi connectivity index (χ2v) is 33.0. The first-order valence-electron chi connectivity index (χ1n) is 27.1. The zero-order valence-corrected chi connectivity index (χ0v) is 56.1. The number of carboxylic acids is 2. The number of hydrogen-bond donors (Lipinski definition) is 2. The highest BCUT2D eigenvalue weighted by atomic mass is 35.5. The molecule has 6 aromatic carbocycles. The van der Waals surface area contributed by atoms with Gasteiger partial charge < -0.3 is 10.2 Å². The SMILES string of the molecule is Cc1ccc(S(=O)(=O)N(CCN(CC(=O)Cl)S(=O)(=O)c2ccc(C)cc2)CCN(CC(=O)Cl)S(=O)(=O)c2ccc(C)cc2)cc1.Cc1ccc(S(=O)(=O)N(CCN(CC(=O)O)S(=O)(=O)c2ccc(C)cc2)CCN(CC(=O)O)S(=O)(=O)c2ccc(C)cc2)cc1. The van der Waals surface area contributed by atoms with E-state index >= 15 is 0 Å². The normalized spacial score (nSPS) is 12.6. The highest BCUT2D eigenvalue weighted by Crippen LogP contribution is 2.25.